The average Bonchev–Trinajstić information content (AvgIpc) is 2.66. The van der Waals surface area contributed by atoms with Gasteiger partial charge in [-0.2, -0.15) is 13.2 Å². The molecular weight excluding hydrogens is 401 g/mol. The molecule has 0 amide bonds. The highest BCUT2D eigenvalue weighted by molar-refractivity contribution is 5.99. The summed E-state index contributed by atoms with van der Waals surface area (Å²) in [5.74, 6) is -3.02. The number of benzene rings is 1. The zero-order valence-electron chi connectivity index (χ0n) is 17.5. The van der Waals surface area contributed by atoms with E-state index in [4.69, 9.17) is 4.74 Å². The Morgan fingerprint density at radius 1 is 1.17 bits per heavy atom. The third kappa shape index (κ3) is 4.67. The average molecular weight is 426 g/mol. The number of rotatable bonds is 6. The molecule has 1 aliphatic heterocycles. The van der Waals surface area contributed by atoms with Gasteiger partial charge in [-0.1, -0.05) is 12.1 Å². The summed E-state index contributed by atoms with van der Waals surface area (Å²) in [6, 6.07) is 4.19. The van der Waals surface area contributed by atoms with E-state index in [-0.39, 0.29) is 16.7 Å². The fourth-order valence-corrected chi connectivity index (χ4v) is 3.54. The van der Waals surface area contributed by atoms with Gasteiger partial charge < -0.3 is 19.6 Å². The molecule has 1 unspecified atom stereocenters. The van der Waals surface area contributed by atoms with E-state index in [1.165, 1.54) is 19.2 Å². The van der Waals surface area contributed by atoms with Gasteiger partial charge in [-0.05, 0) is 38.7 Å². The number of methoxy groups -OCH3 is 1. The molecule has 0 bridgehead atoms. The SMILES string of the molecule is COC(=O)C1=C(CCN(C)C)N(C)C(C)=C(C(=O)O)C1c1ccc(C(F)(F)F)cc1. The van der Waals surface area contributed by atoms with Crippen molar-refractivity contribution in [2.75, 3.05) is 34.8 Å². The summed E-state index contributed by atoms with van der Waals surface area (Å²) in [7, 11) is 6.57. The fraction of sp³-hybridized carbons (Fsp3) is 0.429. The first kappa shape index (κ1) is 23.5. The van der Waals surface area contributed by atoms with Gasteiger partial charge in [-0.3, -0.25) is 0 Å². The maximum Gasteiger partial charge on any atom is 0.416 e. The molecule has 1 N–H and O–H groups in total. The smallest absolute Gasteiger partial charge is 0.416 e. The van der Waals surface area contributed by atoms with Crippen molar-refractivity contribution in [2.24, 2.45) is 0 Å². The van der Waals surface area contributed by atoms with Crippen LogP contribution in [0.4, 0.5) is 13.2 Å². The third-order valence-electron chi connectivity index (χ3n) is 5.19. The molecule has 9 heteroatoms. The van der Waals surface area contributed by atoms with Crippen LogP contribution >= 0.6 is 0 Å². The molecule has 0 spiro atoms. The van der Waals surface area contributed by atoms with Crippen LogP contribution in [-0.4, -0.2) is 61.6 Å². The number of nitrogens with zero attached hydrogens (tertiary/aromatic N) is 2. The Morgan fingerprint density at radius 3 is 2.17 bits per heavy atom. The molecule has 1 aromatic rings. The van der Waals surface area contributed by atoms with Gasteiger partial charge in [0.2, 0.25) is 0 Å². The summed E-state index contributed by atoms with van der Waals surface area (Å²) >= 11 is 0. The highest BCUT2D eigenvalue weighted by Gasteiger charge is 2.40. The zero-order chi connectivity index (χ0) is 22.8. The largest absolute Gasteiger partial charge is 0.478 e. The lowest BCUT2D eigenvalue weighted by Crippen LogP contribution is -2.34. The van der Waals surface area contributed by atoms with E-state index in [1.807, 2.05) is 19.0 Å². The fourth-order valence-electron chi connectivity index (χ4n) is 3.54. The van der Waals surface area contributed by atoms with Crippen LogP contribution in [0.5, 0.6) is 0 Å². The van der Waals surface area contributed by atoms with Crippen LogP contribution < -0.4 is 0 Å². The van der Waals surface area contributed by atoms with Crippen LogP contribution in [0.1, 0.15) is 30.4 Å². The molecular formula is C21H25F3N2O4. The van der Waals surface area contributed by atoms with Gasteiger partial charge in [0.05, 0.1) is 29.7 Å². The molecule has 6 nitrogen and oxygen atoms in total. The Labute approximate surface area is 173 Å². The van der Waals surface area contributed by atoms with Gasteiger partial charge in [0, 0.05) is 31.4 Å². The predicted octanol–water partition coefficient (Wildman–Crippen LogP) is 3.47. The summed E-state index contributed by atoms with van der Waals surface area (Å²) < 4.78 is 43.9. The third-order valence-corrected chi connectivity index (χ3v) is 5.19. The summed E-state index contributed by atoms with van der Waals surface area (Å²) in [5.41, 5.74) is 0.441. The molecule has 164 valence electrons. The maximum absolute atomic E-state index is 13.0. The van der Waals surface area contributed by atoms with E-state index in [0.29, 0.717) is 24.4 Å². The zero-order valence-corrected chi connectivity index (χ0v) is 17.5. The first-order valence-corrected chi connectivity index (χ1v) is 9.21. The van der Waals surface area contributed by atoms with E-state index in [1.54, 1.807) is 18.9 Å². The van der Waals surface area contributed by atoms with E-state index in [9.17, 15) is 27.9 Å². The number of carbonyl (C=O) groups is 2. The number of allylic oxidation sites excluding steroid dienone is 1. The van der Waals surface area contributed by atoms with Crippen LogP contribution in [0, 0.1) is 0 Å². The molecule has 1 aromatic carbocycles. The molecule has 0 fully saturated rings. The molecule has 0 aliphatic carbocycles. The highest BCUT2D eigenvalue weighted by atomic mass is 19.4. The lowest BCUT2D eigenvalue weighted by atomic mass is 9.79. The number of esters is 1. The number of hydrogen-bond acceptors (Lipinski definition) is 5. The molecule has 1 heterocycles. The number of carboxylic acid groups (broad SMARTS) is 1. The molecule has 0 radical (unpaired) electrons. The number of halogens is 3. The monoisotopic (exact) mass is 426 g/mol. The Balaban J connectivity index is 2.73. The second kappa shape index (κ2) is 8.91. The van der Waals surface area contributed by atoms with Crippen LogP contribution in [0.15, 0.2) is 46.8 Å². The number of carboxylic acids is 1. The van der Waals surface area contributed by atoms with Crippen molar-refractivity contribution in [1.29, 1.82) is 0 Å². The van der Waals surface area contributed by atoms with Crippen LogP contribution in [0.3, 0.4) is 0 Å². The van der Waals surface area contributed by atoms with Crippen molar-refractivity contribution >= 4 is 11.9 Å². The number of alkyl halides is 3. The first-order chi connectivity index (χ1) is 13.9. The van der Waals surface area contributed by atoms with Gasteiger partial charge in [0.15, 0.2) is 0 Å². The Morgan fingerprint density at radius 2 is 1.73 bits per heavy atom. The van der Waals surface area contributed by atoms with Crippen LogP contribution in [-0.2, 0) is 20.5 Å². The molecule has 0 aromatic heterocycles. The normalized spacial score (nSPS) is 17.6. The van der Waals surface area contributed by atoms with Crippen molar-refractivity contribution in [1.82, 2.24) is 9.80 Å². The Kier molecular flexibility index (Phi) is 6.97. The molecule has 30 heavy (non-hydrogen) atoms. The second-order valence-electron chi connectivity index (χ2n) is 7.32. The van der Waals surface area contributed by atoms with Crippen molar-refractivity contribution in [3.05, 3.63) is 57.9 Å². The van der Waals surface area contributed by atoms with Crippen molar-refractivity contribution in [2.45, 2.75) is 25.4 Å². The molecule has 0 saturated carbocycles. The standard InChI is InChI=1S/C21H25F3N2O4/c1-12-16(19(27)28)17(13-6-8-14(9-7-13)21(22,23)24)18(20(29)30-5)15(26(12)4)10-11-25(2)3/h6-9,17H,10-11H2,1-5H3,(H,27,28). The van der Waals surface area contributed by atoms with E-state index in [2.05, 4.69) is 0 Å². The number of carbonyl (C=O) groups excluding carboxylic acids is 1. The molecule has 2 rings (SSSR count). The Bertz CT molecular complexity index is 887. The lowest BCUT2D eigenvalue weighted by molar-refractivity contribution is -0.138. The van der Waals surface area contributed by atoms with Crippen molar-refractivity contribution in [3.63, 3.8) is 0 Å². The van der Waals surface area contributed by atoms with E-state index >= 15 is 0 Å². The van der Waals surface area contributed by atoms with Crippen molar-refractivity contribution in [3.8, 4) is 0 Å². The predicted molar refractivity (Wildman–Crippen MR) is 104 cm³/mol. The van der Waals surface area contributed by atoms with Crippen LogP contribution in [0.25, 0.3) is 0 Å². The minimum absolute atomic E-state index is 0.0775. The summed E-state index contributed by atoms with van der Waals surface area (Å²) in [6.45, 7) is 2.19. The minimum atomic E-state index is -4.52. The highest BCUT2D eigenvalue weighted by Crippen LogP contribution is 2.43. The van der Waals surface area contributed by atoms with Gasteiger partial charge >= 0.3 is 18.1 Å². The van der Waals surface area contributed by atoms with E-state index in [0.717, 1.165) is 12.1 Å². The van der Waals surface area contributed by atoms with Gasteiger partial charge in [-0.25, -0.2) is 9.59 Å². The summed E-state index contributed by atoms with van der Waals surface area (Å²) in [6.07, 6.45) is -4.10. The first-order valence-electron chi connectivity index (χ1n) is 9.21. The minimum Gasteiger partial charge on any atom is -0.478 e. The molecule has 1 atom stereocenters. The summed E-state index contributed by atoms with van der Waals surface area (Å²) in [4.78, 5) is 28.4. The van der Waals surface area contributed by atoms with Crippen molar-refractivity contribution < 1.29 is 32.6 Å². The molecule has 1 aliphatic rings. The topological polar surface area (TPSA) is 70.1 Å². The quantitative estimate of drug-likeness (QED) is 0.703. The number of aliphatic carboxylic acids is 1. The Hall–Kier alpha value is -2.81. The molecule has 0 saturated heterocycles. The van der Waals surface area contributed by atoms with Gasteiger partial charge in [0.1, 0.15) is 0 Å². The summed E-state index contributed by atoms with van der Waals surface area (Å²) in [5, 5.41) is 9.87. The van der Waals surface area contributed by atoms with Crippen LogP contribution in [0.2, 0.25) is 0 Å². The van der Waals surface area contributed by atoms with E-state index < -0.39 is 29.6 Å². The second-order valence-corrected chi connectivity index (χ2v) is 7.32. The number of hydrogen-bond donors (Lipinski definition) is 1. The lowest BCUT2D eigenvalue weighted by Gasteiger charge is -2.37. The van der Waals surface area contributed by atoms with Gasteiger partial charge in [-0.15, -0.1) is 0 Å². The maximum atomic E-state index is 13.0. The number of ether oxygens (including phenoxy) is 1. The van der Waals surface area contributed by atoms with Gasteiger partial charge in [0.25, 0.3) is 0 Å².